The predicted octanol–water partition coefficient (Wildman–Crippen LogP) is 3.20. The summed E-state index contributed by atoms with van der Waals surface area (Å²) < 4.78 is 0. The van der Waals surface area contributed by atoms with Crippen molar-refractivity contribution < 1.29 is 0 Å². The number of piperidine rings is 1. The maximum atomic E-state index is 6.18. The van der Waals surface area contributed by atoms with E-state index in [1.807, 2.05) is 0 Å². The molecule has 2 rings (SSSR count). The Kier molecular flexibility index (Phi) is 3.08. The minimum absolute atomic E-state index is 0.611. The van der Waals surface area contributed by atoms with E-state index in [1.165, 1.54) is 24.1 Å². The molecule has 1 aliphatic rings. The fraction of sp³-hybridized carbons (Fsp3) is 0.571. The van der Waals surface area contributed by atoms with Gasteiger partial charge >= 0.3 is 0 Å². The van der Waals surface area contributed by atoms with Gasteiger partial charge in [-0.2, -0.15) is 0 Å². The van der Waals surface area contributed by atoms with Crippen molar-refractivity contribution >= 4 is 11.4 Å². The number of benzene rings is 1. The first-order valence-electron chi connectivity index (χ1n) is 6.21. The predicted molar refractivity (Wildman–Crippen MR) is 70.8 cm³/mol. The zero-order valence-electron chi connectivity index (χ0n) is 10.5. The van der Waals surface area contributed by atoms with Crippen molar-refractivity contribution in [3.63, 3.8) is 0 Å². The molecule has 0 radical (unpaired) electrons. The molecule has 0 saturated carbocycles. The number of hydrogen-bond acceptors (Lipinski definition) is 2. The molecule has 1 aromatic carbocycles. The quantitative estimate of drug-likeness (QED) is 0.733. The standard InChI is InChI=1S/C14H22N2/c1-10-7-8-12(3)16(9-10)13-6-4-5-11(2)14(13)15/h4-6,10,12H,7-9,15H2,1-3H3. The SMILES string of the molecule is Cc1cccc(N2CC(C)CCC2C)c1N. The molecule has 1 fully saturated rings. The largest absolute Gasteiger partial charge is 0.397 e. The summed E-state index contributed by atoms with van der Waals surface area (Å²) in [5.41, 5.74) is 9.53. The Hall–Kier alpha value is -1.18. The molecule has 2 atom stereocenters. The summed E-state index contributed by atoms with van der Waals surface area (Å²) in [5, 5.41) is 0. The lowest BCUT2D eigenvalue weighted by Crippen LogP contribution is -2.41. The molecule has 1 aliphatic heterocycles. The first kappa shape index (κ1) is 11.3. The van der Waals surface area contributed by atoms with Crippen molar-refractivity contribution in [2.45, 2.75) is 39.7 Å². The molecule has 1 saturated heterocycles. The number of rotatable bonds is 1. The number of para-hydroxylation sites is 1. The number of aryl methyl sites for hydroxylation is 1. The summed E-state index contributed by atoms with van der Waals surface area (Å²) in [7, 11) is 0. The van der Waals surface area contributed by atoms with Crippen LogP contribution in [-0.2, 0) is 0 Å². The van der Waals surface area contributed by atoms with Crippen molar-refractivity contribution in [2.24, 2.45) is 5.92 Å². The minimum atomic E-state index is 0.611. The van der Waals surface area contributed by atoms with E-state index in [-0.39, 0.29) is 0 Å². The van der Waals surface area contributed by atoms with Crippen LogP contribution in [0.15, 0.2) is 18.2 Å². The van der Waals surface area contributed by atoms with E-state index in [2.05, 4.69) is 43.9 Å². The molecule has 0 aliphatic carbocycles. The van der Waals surface area contributed by atoms with Crippen LogP contribution in [0.2, 0.25) is 0 Å². The lowest BCUT2D eigenvalue weighted by atomic mass is 9.94. The number of nitrogens with two attached hydrogens (primary N) is 1. The molecule has 2 nitrogen and oxygen atoms in total. The van der Waals surface area contributed by atoms with Crippen LogP contribution in [0.3, 0.4) is 0 Å². The van der Waals surface area contributed by atoms with Crippen LogP contribution in [0, 0.1) is 12.8 Å². The van der Waals surface area contributed by atoms with Gasteiger partial charge in [0.1, 0.15) is 0 Å². The molecule has 1 aromatic rings. The normalized spacial score (nSPS) is 25.8. The molecule has 2 heteroatoms. The summed E-state index contributed by atoms with van der Waals surface area (Å²) >= 11 is 0. The number of nitrogen functional groups attached to an aromatic ring is 1. The Morgan fingerprint density at radius 2 is 2.00 bits per heavy atom. The molecule has 0 aromatic heterocycles. The van der Waals surface area contributed by atoms with E-state index < -0.39 is 0 Å². The molecule has 16 heavy (non-hydrogen) atoms. The summed E-state index contributed by atoms with van der Waals surface area (Å²) in [6.45, 7) is 7.84. The highest BCUT2D eigenvalue weighted by atomic mass is 15.2. The summed E-state index contributed by atoms with van der Waals surface area (Å²) in [4.78, 5) is 2.47. The Morgan fingerprint density at radius 1 is 1.25 bits per heavy atom. The lowest BCUT2D eigenvalue weighted by Gasteiger charge is -2.39. The van der Waals surface area contributed by atoms with Gasteiger partial charge < -0.3 is 10.6 Å². The van der Waals surface area contributed by atoms with Gasteiger partial charge in [-0.25, -0.2) is 0 Å². The summed E-state index contributed by atoms with van der Waals surface area (Å²) in [5.74, 6) is 0.774. The zero-order valence-corrected chi connectivity index (χ0v) is 10.5. The maximum Gasteiger partial charge on any atom is 0.0605 e. The van der Waals surface area contributed by atoms with Crippen LogP contribution in [-0.4, -0.2) is 12.6 Å². The van der Waals surface area contributed by atoms with Gasteiger partial charge in [0.25, 0.3) is 0 Å². The lowest BCUT2D eigenvalue weighted by molar-refractivity contribution is 0.390. The van der Waals surface area contributed by atoms with E-state index in [4.69, 9.17) is 5.73 Å². The van der Waals surface area contributed by atoms with Gasteiger partial charge in [-0.05, 0) is 44.2 Å². The molecular formula is C14H22N2. The summed E-state index contributed by atoms with van der Waals surface area (Å²) in [6, 6.07) is 6.95. The van der Waals surface area contributed by atoms with E-state index >= 15 is 0 Å². The van der Waals surface area contributed by atoms with Crippen LogP contribution in [0.25, 0.3) is 0 Å². The van der Waals surface area contributed by atoms with Crippen LogP contribution in [0.4, 0.5) is 11.4 Å². The van der Waals surface area contributed by atoms with Gasteiger partial charge in [-0.3, -0.25) is 0 Å². The van der Waals surface area contributed by atoms with Gasteiger partial charge in [-0.15, -0.1) is 0 Å². The van der Waals surface area contributed by atoms with Gasteiger partial charge in [0, 0.05) is 12.6 Å². The van der Waals surface area contributed by atoms with Crippen molar-refractivity contribution in [2.75, 3.05) is 17.2 Å². The summed E-state index contributed by atoms with van der Waals surface area (Å²) in [6.07, 6.45) is 2.61. The smallest absolute Gasteiger partial charge is 0.0605 e. The highest BCUT2D eigenvalue weighted by Gasteiger charge is 2.24. The van der Waals surface area contributed by atoms with Crippen molar-refractivity contribution in [3.05, 3.63) is 23.8 Å². The van der Waals surface area contributed by atoms with E-state index in [1.54, 1.807) is 0 Å². The second kappa shape index (κ2) is 4.36. The van der Waals surface area contributed by atoms with E-state index in [9.17, 15) is 0 Å². The third kappa shape index (κ3) is 2.01. The van der Waals surface area contributed by atoms with Crippen LogP contribution in [0.1, 0.15) is 32.3 Å². The Labute approximate surface area is 98.4 Å². The van der Waals surface area contributed by atoms with Crippen LogP contribution in [0.5, 0.6) is 0 Å². The average molecular weight is 218 g/mol. The van der Waals surface area contributed by atoms with Crippen molar-refractivity contribution in [1.29, 1.82) is 0 Å². The highest BCUT2D eigenvalue weighted by Crippen LogP contribution is 2.32. The molecule has 1 heterocycles. The van der Waals surface area contributed by atoms with Gasteiger partial charge in [0.15, 0.2) is 0 Å². The molecular weight excluding hydrogens is 196 g/mol. The van der Waals surface area contributed by atoms with Crippen molar-refractivity contribution in [3.8, 4) is 0 Å². The van der Waals surface area contributed by atoms with Crippen LogP contribution >= 0.6 is 0 Å². The van der Waals surface area contributed by atoms with Gasteiger partial charge in [0.2, 0.25) is 0 Å². The highest BCUT2D eigenvalue weighted by molar-refractivity contribution is 5.71. The Morgan fingerprint density at radius 3 is 2.75 bits per heavy atom. The third-order valence-electron chi connectivity index (χ3n) is 3.73. The molecule has 0 amide bonds. The zero-order chi connectivity index (χ0) is 11.7. The number of hydrogen-bond donors (Lipinski definition) is 1. The Bertz CT molecular complexity index is 373. The molecule has 2 unspecified atom stereocenters. The van der Waals surface area contributed by atoms with E-state index in [0.29, 0.717) is 6.04 Å². The Balaban J connectivity index is 2.31. The second-order valence-corrected chi connectivity index (χ2v) is 5.19. The third-order valence-corrected chi connectivity index (χ3v) is 3.73. The van der Waals surface area contributed by atoms with E-state index in [0.717, 1.165) is 18.2 Å². The number of nitrogens with zero attached hydrogens (tertiary/aromatic N) is 1. The minimum Gasteiger partial charge on any atom is -0.397 e. The number of anilines is 2. The fourth-order valence-corrected chi connectivity index (χ4v) is 2.54. The molecule has 0 spiro atoms. The topological polar surface area (TPSA) is 29.3 Å². The van der Waals surface area contributed by atoms with Crippen LogP contribution < -0.4 is 10.6 Å². The average Bonchev–Trinajstić information content (AvgIpc) is 2.26. The first-order chi connectivity index (χ1) is 7.59. The molecule has 88 valence electrons. The molecule has 0 bridgehead atoms. The molecule has 2 N–H and O–H groups in total. The van der Waals surface area contributed by atoms with Gasteiger partial charge in [0.05, 0.1) is 11.4 Å². The van der Waals surface area contributed by atoms with Crippen molar-refractivity contribution in [1.82, 2.24) is 0 Å². The fourth-order valence-electron chi connectivity index (χ4n) is 2.54. The van der Waals surface area contributed by atoms with Gasteiger partial charge in [-0.1, -0.05) is 19.1 Å². The maximum absolute atomic E-state index is 6.18. The monoisotopic (exact) mass is 218 g/mol. The second-order valence-electron chi connectivity index (χ2n) is 5.19. The first-order valence-corrected chi connectivity index (χ1v) is 6.21.